The zero-order chi connectivity index (χ0) is 22.2. The quantitative estimate of drug-likeness (QED) is 0.147. The number of nitrogens with zero attached hydrogens (tertiary/aromatic N) is 2. The summed E-state index contributed by atoms with van der Waals surface area (Å²) in [6.45, 7) is 3.40. The predicted octanol–water partition coefficient (Wildman–Crippen LogP) is -4.99. The van der Waals surface area contributed by atoms with Crippen LogP contribution in [0.25, 0.3) is 0 Å². The number of carboxylic acid groups (broad SMARTS) is 1. The van der Waals surface area contributed by atoms with Gasteiger partial charge >= 0.3 is 35.6 Å². The number of benzene rings is 1. The Morgan fingerprint density at radius 3 is 2.39 bits per heavy atom. The molecular formula is C18H21N6NaO5S. The Kier molecular flexibility index (Phi) is 7.63. The Labute approximate surface area is 204 Å². The molecule has 31 heavy (non-hydrogen) atoms. The monoisotopic (exact) mass is 456 g/mol. The summed E-state index contributed by atoms with van der Waals surface area (Å²) in [5.74, 6) is -3.00. The average Bonchev–Trinajstić information content (AvgIpc) is 2.92. The summed E-state index contributed by atoms with van der Waals surface area (Å²) in [6.07, 6.45) is 0. The van der Waals surface area contributed by atoms with Crippen molar-refractivity contribution >= 4 is 41.5 Å². The molecule has 0 unspecified atom stereocenters. The summed E-state index contributed by atoms with van der Waals surface area (Å²) in [5.41, 5.74) is 10.8. The fourth-order valence-corrected chi connectivity index (χ4v) is 5.20. The van der Waals surface area contributed by atoms with Gasteiger partial charge < -0.3 is 36.9 Å². The molecule has 11 nitrogen and oxygen atoms in total. The smallest absolute Gasteiger partial charge is 0.548 e. The first-order valence-electron chi connectivity index (χ1n) is 8.99. The van der Waals surface area contributed by atoms with E-state index in [-0.39, 0.29) is 29.6 Å². The maximum atomic E-state index is 12.9. The minimum Gasteiger partial charge on any atom is -0.548 e. The van der Waals surface area contributed by atoms with Gasteiger partial charge in [-0.2, -0.15) is 4.99 Å². The van der Waals surface area contributed by atoms with Crippen molar-refractivity contribution in [3.05, 3.63) is 35.9 Å². The van der Waals surface area contributed by atoms with Gasteiger partial charge in [0.05, 0.1) is 12.0 Å². The van der Waals surface area contributed by atoms with Crippen LogP contribution in [0.5, 0.6) is 0 Å². The molecule has 3 rings (SSSR count). The first kappa shape index (κ1) is 25.0. The van der Waals surface area contributed by atoms with E-state index < -0.39 is 58.0 Å². The molecular weight excluding hydrogens is 435 g/mol. The minimum atomic E-state index is -1.35. The SMILES string of the molecule is CC1(C)S[C@@H]2[C@H](NC(=O)[C@H](NC(=O)N=C(N)N)c3ccccc3)C(=O)N2[C@H]1C(=O)[O-].[Na+]. The standard InChI is InChI=1S/C18H22N6O5S.Na/c1-18(2)11(15(27)28)24-13(26)10(14(24)30-18)21-12(25)9(8-6-4-3-5-7-8)22-17(29)23-16(19)20;/h3-7,9-11,14H,1-2H3,(H,21,25)(H,27,28)(H5,19,20,22,23,29);/q;+1/p-1/t9-,10-,11+,14-;/m1./s1. The first-order valence-corrected chi connectivity index (χ1v) is 9.87. The van der Waals surface area contributed by atoms with Gasteiger partial charge in [0.1, 0.15) is 17.5 Å². The molecule has 160 valence electrons. The number of carboxylic acids is 1. The number of nitrogens with one attached hydrogen (secondary N) is 2. The second-order valence-corrected chi connectivity index (χ2v) is 9.17. The maximum Gasteiger partial charge on any atom is 1.00 e. The molecule has 1 aromatic rings. The summed E-state index contributed by atoms with van der Waals surface area (Å²) < 4.78 is -0.779. The number of aliphatic carboxylic acids is 1. The van der Waals surface area contributed by atoms with Crippen molar-refractivity contribution in [1.29, 1.82) is 0 Å². The molecule has 1 aromatic carbocycles. The second kappa shape index (κ2) is 9.47. The van der Waals surface area contributed by atoms with Crippen LogP contribution in [-0.4, -0.2) is 56.9 Å². The van der Waals surface area contributed by atoms with E-state index in [1.54, 1.807) is 44.2 Å². The third-order valence-electron chi connectivity index (χ3n) is 4.86. The molecule has 0 aromatic heterocycles. The number of guanidine groups is 1. The number of hydrogen-bond donors (Lipinski definition) is 4. The van der Waals surface area contributed by atoms with Crippen LogP contribution in [0.4, 0.5) is 4.79 Å². The van der Waals surface area contributed by atoms with Gasteiger partial charge in [-0.15, -0.1) is 11.8 Å². The Balaban J connectivity index is 0.00000341. The summed E-state index contributed by atoms with van der Waals surface area (Å²) >= 11 is 1.27. The molecule has 0 radical (unpaired) electrons. The van der Waals surface area contributed by atoms with Crippen molar-refractivity contribution < 1.29 is 53.8 Å². The number of thioether (sulfide) groups is 1. The number of amides is 4. The number of fused-ring (bicyclic) bond motifs is 1. The largest absolute Gasteiger partial charge is 1.00 e. The van der Waals surface area contributed by atoms with Gasteiger partial charge in [0.25, 0.3) is 0 Å². The molecule has 0 bridgehead atoms. The Bertz CT molecular complexity index is 923. The number of rotatable bonds is 5. The van der Waals surface area contributed by atoms with E-state index in [2.05, 4.69) is 15.6 Å². The molecule has 2 heterocycles. The third kappa shape index (κ3) is 4.97. The van der Waals surface area contributed by atoms with Gasteiger partial charge in [-0.25, -0.2) is 4.79 Å². The third-order valence-corrected chi connectivity index (χ3v) is 6.43. The Hall–Kier alpha value is -2.28. The van der Waals surface area contributed by atoms with E-state index in [9.17, 15) is 24.3 Å². The van der Waals surface area contributed by atoms with Crippen molar-refractivity contribution in [2.75, 3.05) is 0 Å². The Morgan fingerprint density at radius 1 is 1.23 bits per heavy atom. The van der Waals surface area contributed by atoms with Gasteiger partial charge in [0, 0.05) is 4.75 Å². The molecule has 2 aliphatic heterocycles. The molecule has 2 saturated heterocycles. The van der Waals surface area contributed by atoms with Crippen LogP contribution in [0.1, 0.15) is 25.5 Å². The molecule has 4 amide bonds. The van der Waals surface area contributed by atoms with Gasteiger partial charge in [0.2, 0.25) is 11.8 Å². The van der Waals surface area contributed by atoms with Crippen molar-refractivity contribution in [2.45, 2.75) is 42.1 Å². The molecule has 2 aliphatic rings. The van der Waals surface area contributed by atoms with Gasteiger partial charge in [-0.3, -0.25) is 9.59 Å². The van der Waals surface area contributed by atoms with Gasteiger partial charge in [0.15, 0.2) is 5.96 Å². The van der Waals surface area contributed by atoms with Crippen LogP contribution in [0.3, 0.4) is 0 Å². The molecule has 0 spiro atoms. The zero-order valence-corrected chi connectivity index (χ0v) is 20.0. The van der Waals surface area contributed by atoms with Crippen LogP contribution >= 0.6 is 11.8 Å². The van der Waals surface area contributed by atoms with Crippen molar-refractivity contribution in [1.82, 2.24) is 15.5 Å². The van der Waals surface area contributed by atoms with Crippen molar-refractivity contribution in [3.63, 3.8) is 0 Å². The Morgan fingerprint density at radius 2 is 1.84 bits per heavy atom. The number of hydrogen-bond acceptors (Lipinski definition) is 6. The summed E-state index contributed by atoms with van der Waals surface area (Å²) in [7, 11) is 0. The molecule has 13 heteroatoms. The minimum absolute atomic E-state index is 0. The van der Waals surface area contributed by atoms with Crippen LogP contribution < -0.4 is 56.8 Å². The maximum absolute atomic E-state index is 12.9. The zero-order valence-electron chi connectivity index (χ0n) is 17.2. The fraction of sp³-hybridized carbons (Fsp3) is 0.389. The molecule has 4 atom stereocenters. The van der Waals surface area contributed by atoms with Crippen LogP contribution in [0.15, 0.2) is 35.3 Å². The number of carbonyl (C=O) groups excluding carboxylic acids is 4. The van der Waals surface area contributed by atoms with E-state index in [0.29, 0.717) is 5.56 Å². The number of nitrogens with two attached hydrogens (primary N) is 2. The van der Waals surface area contributed by atoms with Crippen LogP contribution in [0, 0.1) is 0 Å². The number of carbonyl (C=O) groups is 4. The van der Waals surface area contributed by atoms with Gasteiger partial charge in [-0.1, -0.05) is 30.3 Å². The van der Waals surface area contributed by atoms with Crippen LogP contribution in [0.2, 0.25) is 0 Å². The van der Waals surface area contributed by atoms with E-state index >= 15 is 0 Å². The second-order valence-electron chi connectivity index (χ2n) is 7.40. The van der Waals surface area contributed by atoms with Gasteiger partial charge in [-0.05, 0) is 19.4 Å². The van der Waals surface area contributed by atoms with Crippen LogP contribution in [-0.2, 0) is 14.4 Å². The fourth-order valence-electron chi connectivity index (χ4n) is 3.58. The number of β-lactam (4-membered cyclic amide) rings is 1. The van der Waals surface area contributed by atoms with E-state index in [1.807, 2.05) is 0 Å². The summed E-state index contributed by atoms with van der Waals surface area (Å²) in [4.78, 5) is 53.5. The summed E-state index contributed by atoms with van der Waals surface area (Å²) in [5, 5.41) is 15.9. The normalized spacial score (nSPS) is 24.0. The molecule has 0 aliphatic carbocycles. The first-order chi connectivity index (χ1) is 14.0. The number of aliphatic imine (C=N–C) groups is 1. The molecule has 2 fully saturated rings. The molecule has 6 N–H and O–H groups in total. The van der Waals surface area contributed by atoms with E-state index in [1.165, 1.54) is 16.7 Å². The topological polar surface area (TPSA) is 183 Å². The molecule has 0 saturated carbocycles. The van der Waals surface area contributed by atoms with Crippen molar-refractivity contribution in [3.8, 4) is 0 Å². The van der Waals surface area contributed by atoms with E-state index in [4.69, 9.17) is 11.5 Å². The van der Waals surface area contributed by atoms with E-state index in [0.717, 1.165) is 0 Å². The predicted molar refractivity (Wildman–Crippen MR) is 107 cm³/mol. The van der Waals surface area contributed by atoms with Crippen molar-refractivity contribution in [2.24, 2.45) is 16.5 Å². The number of urea groups is 1. The summed E-state index contributed by atoms with van der Waals surface area (Å²) in [6, 6.07) is 4.21. The average molecular weight is 456 g/mol.